The molecule has 1 N–H and O–H groups in total. The van der Waals surface area contributed by atoms with Crippen molar-refractivity contribution in [3.05, 3.63) is 28.0 Å². The van der Waals surface area contributed by atoms with Gasteiger partial charge in [0.15, 0.2) is 5.76 Å². The molecule has 0 atom stereocenters. The van der Waals surface area contributed by atoms with Gasteiger partial charge >= 0.3 is 5.88 Å². The van der Waals surface area contributed by atoms with Crippen molar-refractivity contribution in [2.75, 3.05) is 6.54 Å². The normalized spacial score (nSPS) is 10.4. The topological polar surface area (TPSA) is 85.4 Å². The highest BCUT2D eigenvalue weighted by Crippen LogP contribution is 2.15. The zero-order chi connectivity index (χ0) is 12.1. The van der Waals surface area contributed by atoms with E-state index in [1.54, 1.807) is 0 Å². The molecule has 16 heavy (non-hydrogen) atoms. The minimum atomic E-state index is -0.676. The highest BCUT2D eigenvalue weighted by Gasteiger charge is 2.16. The van der Waals surface area contributed by atoms with Crippen LogP contribution in [0.15, 0.2) is 16.5 Å². The maximum atomic E-state index is 11.4. The third-order valence-electron chi connectivity index (χ3n) is 2.00. The number of carbonyl (C=O) groups excluding carboxylic acids is 1. The van der Waals surface area contributed by atoms with E-state index in [-0.39, 0.29) is 5.76 Å². The van der Waals surface area contributed by atoms with Crippen LogP contribution in [0.5, 0.6) is 0 Å². The van der Waals surface area contributed by atoms with Gasteiger partial charge in [0.05, 0.1) is 6.07 Å². The summed E-state index contributed by atoms with van der Waals surface area (Å²) in [7, 11) is 0. The average Bonchev–Trinajstić information content (AvgIpc) is 2.65. The second kappa shape index (κ2) is 5.29. The average molecular weight is 226 g/mol. The Bertz CT molecular complexity index is 384. The molecule has 6 nitrogen and oxygen atoms in total. The van der Waals surface area contributed by atoms with Crippen molar-refractivity contribution in [3.8, 4) is 0 Å². The Morgan fingerprint density at radius 1 is 1.56 bits per heavy atom. The van der Waals surface area contributed by atoms with E-state index in [0.29, 0.717) is 12.5 Å². The zero-order valence-corrected chi connectivity index (χ0v) is 9.23. The molecular formula is C10H14N2O4. The van der Waals surface area contributed by atoms with Crippen LogP contribution >= 0.6 is 0 Å². The number of carbonyl (C=O) groups is 1. The van der Waals surface area contributed by atoms with Crippen LogP contribution in [-0.2, 0) is 0 Å². The number of nitrogens with zero attached hydrogens (tertiary/aromatic N) is 1. The second-order valence-electron chi connectivity index (χ2n) is 3.83. The first kappa shape index (κ1) is 12.2. The minimum absolute atomic E-state index is 0.0320. The van der Waals surface area contributed by atoms with Crippen LogP contribution in [0.4, 0.5) is 5.88 Å². The summed E-state index contributed by atoms with van der Waals surface area (Å²) in [6, 6.07) is 2.46. The number of furan rings is 1. The van der Waals surface area contributed by atoms with Crippen LogP contribution in [0.2, 0.25) is 0 Å². The lowest BCUT2D eigenvalue weighted by Crippen LogP contribution is -2.24. The number of amides is 1. The quantitative estimate of drug-likeness (QED) is 0.614. The minimum Gasteiger partial charge on any atom is -0.395 e. The van der Waals surface area contributed by atoms with E-state index < -0.39 is 16.7 Å². The molecule has 6 heteroatoms. The van der Waals surface area contributed by atoms with Gasteiger partial charge in [-0.2, -0.15) is 0 Å². The van der Waals surface area contributed by atoms with Crippen LogP contribution in [-0.4, -0.2) is 17.4 Å². The van der Waals surface area contributed by atoms with E-state index in [1.165, 1.54) is 6.07 Å². The predicted octanol–water partition coefficient (Wildman–Crippen LogP) is 1.96. The molecule has 0 saturated heterocycles. The lowest BCUT2D eigenvalue weighted by atomic mass is 10.1. The van der Waals surface area contributed by atoms with Crippen LogP contribution in [0.1, 0.15) is 30.8 Å². The molecule has 1 heterocycles. The van der Waals surface area contributed by atoms with E-state index in [2.05, 4.69) is 5.32 Å². The Balaban J connectivity index is 2.50. The van der Waals surface area contributed by atoms with Gasteiger partial charge in [-0.25, -0.2) is 0 Å². The molecule has 1 aromatic rings. The van der Waals surface area contributed by atoms with Crippen LogP contribution < -0.4 is 5.32 Å². The first-order valence-electron chi connectivity index (χ1n) is 5.03. The smallest absolute Gasteiger partial charge is 0.395 e. The molecule has 0 aliphatic rings. The van der Waals surface area contributed by atoms with Crippen LogP contribution in [0.25, 0.3) is 0 Å². The molecule has 0 saturated carbocycles. The van der Waals surface area contributed by atoms with Gasteiger partial charge in [0, 0.05) is 6.54 Å². The number of hydrogen-bond donors (Lipinski definition) is 1. The van der Waals surface area contributed by atoms with Gasteiger partial charge in [-0.15, -0.1) is 0 Å². The summed E-state index contributed by atoms with van der Waals surface area (Å²) in [4.78, 5) is 21.1. The fraction of sp³-hybridized carbons (Fsp3) is 0.500. The largest absolute Gasteiger partial charge is 0.433 e. The highest BCUT2D eigenvalue weighted by atomic mass is 16.6. The van der Waals surface area contributed by atoms with E-state index in [0.717, 1.165) is 12.5 Å². The molecule has 0 spiro atoms. The van der Waals surface area contributed by atoms with Gasteiger partial charge in [-0.3, -0.25) is 14.9 Å². The summed E-state index contributed by atoms with van der Waals surface area (Å²) in [6.45, 7) is 4.62. The Morgan fingerprint density at radius 2 is 2.25 bits per heavy atom. The van der Waals surface area contributed by atoms with Gasteiger partial charge in [0.25, 0.3) is 5.91 Å². The fourth-order valence-corrected chi connectivity index (χ4v) is 1.11. The van der Waals surface area contributed by atoms with E-state index in [9.17, 15) is 14.9 Å². The molecule has 1 aromatic heterocycles. The Labute approximate surface area is 92.8 Å². The lowest BCUT2D eigenvalue weighted by Gasteiger charge is -2.04. The van der Waals surface area contributed by atoms with Gasteiger partial charge in [0.1, 0.15) is 4.92 Å². The lowest BCUT2D eigenvalue weighted by molar-refractivity contribution is -0.402. The molecule has 1 amide bonds. The predicted molar refractivity (Wildman–Crippen MR) is 57.2 cm³/mol. The van der Waals surface area contributed by atoms with Gasteiger partial charge in [-0.1, -0.05) is 13.8 Å². The number of hydrogen-bond acceptors (Lipinski definition) is 4. The SMILES string of the molecule is CC(C)CCNC(=O)c1ccc([N+](=O)[O-])o1. The summed E-state index contributed by atoms with van der Waals surface area (Å²) in [5.41, 5.74) is 0. The summed E-state index contributed by atoms with van der Waals surface area (Å²) >= 11 is 0. The fourth-order valence-electron chi connectivity index (χ4n) is 1.11. The molecule has 0 radical (unpaired) electrons. The number of nitro groups is 1. The molecule has 0 unspecified atom stereocenters. The Kier molecular flexibility index (Phi) is 4.04. The first-order chi connectivity index (χ1) is 7.50. The Morgan fingerprint density at radius 3 is 2.75 bits per heavy atom. The van der Waals surface area contributed by atoms with Crippen molar-refractivity contribution in [2.24, 2.45) is 5.92 Å². The molecule has 1 rings (SSSR count). The van der Waals surface area contributed by atoms with E-state index in [4.69, 9.17) is 4.42 Å². The van der Waals surface area contributed by atoms with Crippen LogP contribution in [0, 0.1) is 16.0 Å². The molecule has 0 fully saturated rings. The first-order valence-corrected chi connectivity index (χ1v) is 5.03. The van der Waals surface area contributed by atoms with E-state index in [1.807, 2.05) is 13.8 Å². The third kappa shape index (κ3) is 3.38. The van der Waals surface area contributed by atoms with Crippen molar-refractivity contribution in [1.82, 2.24) is 5.32 Å². The molecule has 0 bridgehead atoms. The van der Waals surface area contributed by atoms with E-state index >= 15 is 0 Å². The third-order valence-corrected chi connectivity index (χ3v) is 2.00. The summed E-state index contributed by atoms with van der Waals surface area (Å²) in [6.07, 6.45) is 0.856. The molecule has 0 aromatic carbocycles. The standard InChI is InChI=1S/C10H14N2O4/c1-7(2)5-6-11-10(13)8-3-4-9(16-8)12(14)15/h3-4,7H,5-6H2,1-2H3,(H,11,13). The van der Waals surface area contributed by atoms with Crippen molar-refractivity contribution in [3.63, 3.8) is 0 Å². The monoisotopic (exact) mass is 226 g/mol. The van der Waals surface area contributed by atoms with Crippen molar-refractivity contribution < 1.29 is 14.1 Å². The molecule has 88 valence electrons. The maximum absolute atomic E-state index is 11.4. The highest BCUT2D eigenvalue weighted by molar-refractivity contribution is 5.91. The van der Waals surface area contributed by atoms with Crippen molar-refractivity contribution in [1.29, 1.82) is 0 Å². The molecule has 0 aliphatic heterocycles. The summed E-state index contributed by atoms with van der Waals surface area (Å²) < 4.78 is 4.75. The molecule has 0 aliphatic carbocycles. The van der Waals surface area contributed by atoms with Crippen LogP contribution in [0.3, 0.4) is 0 Å². The van der Waals surface area contributed by atoms with Gasteiger partial charge in [-0.05, 0) is 18.4 Å². The number of rotatable bonds is 5. The summed E-state index contributed by atoms with van der Waals surface area (Å²) in [5.74, 6) is -0.385. The van der Waals surface area contributed by atoms with Crippen molar-refractivity contribution >= 4 is 11.8 Å². The van der Waals surface area contributed by atoms with Gasteiger partial charge in [0.2, 0.25) is 0 Å². The van der Waals surface area contributed by atoms with Crippen molar-refractivity contribution in [2.45, 2.75) is 20.3 Å². The Hall–Kier alpha value is -1.85. The maximum Gasteiger partial charge on any atom is 0.433 e. The second-order valence-corrected chi connectivity index (χ2v) is 3.83. The van der Waals surface area contributed by atoms with Gasteiger partial charge < -0.3 is 9.73 Å². The number of nitrogens with one attached hydrogen (secondary N) is 1. The summed E-state index contributed by atoms with van der Waals surface area (Å²) in [5, 5.41) is 12.9. The zero-order valence-electron chi connectivity index (χ0n) is 9.23. The molecular weight excluding hydrogens is 212 g/mol.